The summed E-state index contributed by atoms with van der Waals surface area (Å²) in [4.78, 5) is 11.4. The van der Waals surface area contributed by atoms with Crippen molar-refractivity contribution in [3.8, 4) is 0 Å². The second-order valence-corrected chi connectivity index (χ2v) is 6.94. The van der Waals surface area contributed by atoms with Crippen LogP contribution in [0.25, 0.3) is 0 Å². The molecule has 20 heavy (non-hydrogen) atoms. The van der Waals surface area contributed by atoms with Crippen molar-refractivity contribution in [2.75, 3.05) is 7.11 Å². The zero-order valence-electron chi connectivity index (χ0n) is 14.6. The van der Waals surface area contributed by atoms with Crippen molar-refractivity contribution in [1.82, 2.24) is 0 Å². The highest BCUT2D eigenvalue weighted by Crippen LogP contribution is 2.26. The molecular formula is C18H36O2. The third kappa shape index (κ3) is 9.39. The summed E-state index contributed by atoms with van der Waals surface area (Å²) < 4.78 is 4.80. The number of hydrogen-bond acceptors (Lipinski definition) is 2. The van der Waals surface area contributed by atoms with Crippen LogP contribution in [0.3, 0.4) is 0 Å². The van der Waals surface area contributed by atoms with Gasteiger partial charge in [-0.25, -0.2) is 0 Å². The number of methoxy groups -OCH3 is 1. The van der Waals surface area contributed by atoms with Gasteiger partial charge in [0.15, 0.2) is 0 Å². The van der Waals surface area contributed by atoms with E-state index in [1.807, 2.05) is 6.92 Å². The third-order valence-corrected chi connectivity index (χ3v) is 4.27. The van der Waals surface area contributed by atoms with Crippen molar-refractivity contribution in [2.45, 2.75) is 79.6 Å². The fourth-order valence-electron chi connectivity index (χ4n) is 3.33. The van der Waals surface area contributed by atoms with Crippen LogP contribution in [-0.4, -0.2) is 13.1 Å². The molecule has 0 aliphatic heterocycles. The first kappa shape index (κ1) is 19.5. The number of esters is 1. The predicted octanol–water partition coefficient (Wildman–Crippen LogP) is 5.45. The summed E-state index contributed by atoms with van der Waals surface area (Å²) in [6.07, 6.45) is 8.91. The Hall–Kier alpha value is -0.530. The van der Waals surface area contributed by atoms with Crippen molar-refractivity contribution in [3.63, 3.8) is 0 Å². The Bertz CT molecular complexity index is 250. The molecule has 120 valence electrons. The van der Waals surface area contributed by atoms with Gasteiger partial charge in [-0.1, -0.05) is 60.3 Å². The molecule has 2 heteroatoms. The first-order valence-electron chi connectivity index (χ1n) is 8.48. The number of carbonyl (C=O) groups excluding carboxylic acids is 1. The van der Waals surface area contributed by atoms with E-state index in [9.17, 15) is 4.79 Å². The number of hydrogen-bond donors (Lipinski definition) is 0. The van der Waals surface area contributed by atoms with E-state index in [-0.39, 0.29) is 11.9 Å². The molecule has 0 aromatic carbocycles. The van der Waals surface area contributed by atoms with E-state index < -0.39 is 0 Å². The second kappa shape index (κ2) is 11.2. The van der Waals surface area contributed by atoms with E-state index in [0.717, 1.165) is 18.3 Å². The Kier molecular flexibility index (Phi) is 10.9. The second-order valence-electron chi connectivity index (χ2n) is 6.94. The Balaban J connectivity index is 3.88. The maximum absolute atomic E-state index is 11.4. The first-order valence-corrected chi connectivity index (χ1v) is 8.48. The van der Waals surface area contributed by atoms with E-state index in [1.165, 1.54) is 45.6 Å². The van der Waals surface area contributed by atoms with Crippen LogP contribution in [0.5, 0.6) is 0 Å². The summed E-state index contributed by atoms with van der Waals surface area (Å²) in [5, 5.41) is 0. The van der Waals surface area contributed by atoms with Crippen LogP contribution in [0.1, 0.15) is 79.6 Å². The zero-order valence-corrected chi connectivity index (χ0v) is 14.6. The molecule has 0 fully saturated rings. The van der Waals surface area contributed by atoms with Gasteiger partial charge in [0.05, 0.1) is 13.0 Å². The van der Waals surface area contributed by atoms with Crippen LogP contribution in [0.2, 0.25) is 0 Å². The van der Waals surface area contributed by atoms with E-state index >= 15 is 0 Å². The topological polar surface area (TPSA) is 26.3 Å². The van der Waals surface area contributed by atoms with Gasteiger partial charge >= 0.3 is 5.97 Å². The fraction of sp³-hybridized carbons (Fsp3) is 0.944. The molecule has 0 aliphatic carbocycles. The summed E-state index contributed by atoms with van der Waals surface area (Å²) in [7, 11) is 1.48. The zero-order chi connectivity index (χ0) is 15.5. The molecule has 0 radical (unpaired) electrons. The average molecular weight is 284 g/mol. The largest absolute Gasteiger partial charge is 0.469 e. The SMILES string of the molecule is CCCCC[C@H](C)C[C@H](C)C[C@H](C)C[C@@H](C)C(=O)OC. The first-order chi connectivity index (χ1) is 9.40. The molecule has 4 atom stereocenters. The van der Waals surface area contributed by atoms with Crippen molar-refractivity contribution >= 4 is 5.97 Å². The highest BCUT2D eigenvalue weighted by Gasteiger charge is 2.19. The van der Waals surface area contributed by atoms with Crippen LogP contribution < -0.4 is 0 Å². The summed E-state index contributed by atoms with van der Waals surface area (Å²) in [6, 6.07) is 0. The number of ether oxygens (including phenoxy) is 1. The Morgan fingerprint density at radius 2 is 1.45 bits per heavy atom. The molecule has 0 aliphatic rings. The van der Waals surface area contributed by atoms with Gasteiger partial charge in [0.1, 0.15) is 0 Å². The van der Waals surface area contributed by atoms with E-state index in [0.29, 0.717) is 5.92 Å². The summed E-state index contributed by atoms with van der Waals surface area (Å²) in [6.45, 7) is 11.2. The van der Waals surface area contributed by atoms with Gasteiger partial charge in [0.2, 0.25) is 0 Å². The van der Waals surface area contributed by atoms with Gasteiger partial charge < -0.3 is 4.74 Å². The smallest absolute Gasteiger partial charge is 0.308 e. The van der Waals surface area contributed by atoms with Crippen LogP contribution in [0, 0.1) is 23.7 Å². The molecule has 0 amide bonds. The molecule has 0 saturated heterocycles. The molecule has 0 unspecified atom stereocenters. The maximum Gasteiger partial charge on any atom is 0.308 e. The minimum atomic E-state index is -0.0718. The average Bonchev–Trinajstić information content (AvgIpc) is 2.37. The van der Waals surface area contributed by atoms with Crippen molar-refractivity contribution in [3.05, 3.63) is 0 Å². The Labute approximate surface area is 126 Å². The summed E-state index contributed by atoms with van der Waals surface area (Å²) in [5.41, 5.74) is 0. The number of unbranched alkanes of at least 4 members (excludes halogenated alkanes) is 2. The minimum absolute atomic E-state index is 0.0316. The van der Waals surface area contributed by atoms with E-state index in [1.54, 1.807) is 0 Å². The standard InChI is InChI=1S/C18H36O2/c1-7-8-9-10-14(2)11-15(3)12-16(4)13-17(5)18(19)20-6/h14-17H,7-13H2,1-6H3/t14-,15-,16-,17+/m0/s1. The molecule has 0 bridgehead atoms. The monoisotopic (exact) mass is 284 g/mol. The van der Waals surface area contributed by atoms with Gasteiger partial charge in [-0.3, -0.25) is 4.79 Å². The predicted molar refractivity (Wildman–Crippen MR) is 86.7 cm³/mol. The van der Waals surface area contributed by atoms with Crippen LogP contribution in [-0.2, 0) is 9.53 Å². The molecule has 0 spiro atoms. The third-order valence-electron chi connectivity index (χ3n) is 4.27. The van der Waals surface area contributed by atoms with Crippen LogP contribution in [0.4, 0.5) is 0 Å². The van der Waals surface area contributed by atoms with Crippen molar-refractivity contribution < 1.29 is 9.53 Å². The summed E-state index contributed by atoms with van der Waals surface area (Å²) in [5.74, 6) is 2.15. The van der Waals surface area contributed by atoms with Gasteiger partial charge in [-0.05, 0) is 37.0 Å². The molecule has 0 rings (SSSR count). The molecule has 0 heterocycles. The molecule has 2 nitrogen and oxygen atoms in total. The maximum atomic E-state index is 11.4. The molecular weight excluding hydrogens is 248 g/mol. The van der Waals surface area contributed by atoms with E-state index in [2.05, 4.69) is 27.7 Å². The lowest BCUT2D eigenvalue weighted by atomic mass is 9.84. The fourth-order valence-corrected chi connectivity index (χ4v) is 3.33. The van der Waals surface area contributed by atoms with Crippen LogP contribution in [0.15, 0.2) is 0 Å². The lowest BCUT2D eigenvalue weighted by Gasteiger charge is -2.22. The van der Waals surface area contributed by atoms with Crippen molar-refractivity contribution in [2.24, 2.45) is 23.7 Å². The lowest BCUT2D eigenvalue weighted by molar-refractivity contribution is -0.145. The number of rotatable bonds is 11. The lowest BCUT2D eigenvalue weighted by Crippen LogP contribution is -2.17. The van der Waals surface area contributed by atoms with Gasteiger partial charge in [0, 0.05) is 0 Å². The molecule has 0 aromatic rings. The van der Waals surface area contributed by atoms with Gasteiger partial charge in [0.25, 0.3) is 0 Å². The number of carbonyl (C=O) groups is 1. The Morgan fingerprint density at radius 3 is 2.00 bits per heavy atom. The minimum Gasteiger partial charge on any atom is -0.469 e. The van der Waals surface area contributed by atoms with Gasteiger partial charge in [-0.15, -0.1) is 0 Å². The van der Waals surface area contributed by atoms with Crippen molar-refractivity contribution in [1.29, 1.82) is 0 Å². The quantitative estimate of drug-likeness (QED) is 0.372. The summed E-state index contributed by atoms with van der Waals surface area (Å²) >= 11 is 0. The normalized spacial score (nSPS) is 17.3. The van der Waals surface area contributed by atoms with Crippen LogP contribution >= 0.6 is 0 Å². The molecule has 0 N–H and O–H groups in total. The molecule has 0 saturated carbocycles. The molecule has 0 aromatic heterocycles. The Morgan fingerprint density at radius 1 is 0.900 bits per heavy atom. The van der Waals surface area contributed by atoms with Gasteiger partial charge in [-0.2, -0.15) is 0 Å². The van der Waals surface area contributed by atoms with E-state index in [4.69, 9.17) is 4.74 Å². The highest BCUT2D eigenvalue weighted by atomic mass is 16.5. The highest BCUT2D eigenvalue weighted by molar-refractivity contribution is 5.71.